The fourth-order valence-corrected chi connectivity index (χ4v) is 3.62. The van der Waals surface area contributed by atoms with E-state index in [4.69, 9.17) is 18.9 Å². The highest BCUT2D eigenvalue weighted by Gasteiger charge is 2.23. The summed E-state index contributed by atoms with van der Waals surface area (Å²) in [6, 6.07) is 13.7. The predicted molar refractivity (Wildman–Crippen MR) is 113 cm³/mol. The molecule has 1 amide bonds. The van der Waals surface area contributed by atoms with Crippen LogP contribution < -0.4 is 19.5 Å². The molecular weight excluding hydrogens is 384 g/mol. The lowest BCUT2D eigenvalue weighted by Crippen LogP contribution is -2.43. The Bertz CT molecular complexity index is 891. The summed E-state index contributed by atoms with van der Waals surface area (Å²) in [5.74, 6) is 2.10. The van der Waals surface area contributed by atoms with Gasteiger partial charge in [0.2, 0.25) is 12.7 Å². The van der Waals surface area contributed by atoms with Gasteiger partial charge in [0.25, 0.3) is 0 Å². The molecule has 7 nitrogen and oxygen atoms in total. The van der Waals surface area contributed by atoms with Gasteiger partial charge in [-0.15, -0.1) is 0 Å². The van der Waals surface area contributed by atoms with Crippen LogP contribution in [0.2, 0.25) is 0 Å². The van der Waals surface area contributed by atoms with Crippen LogP contribution in [0.3, 0.4) is 0 Å². The number of rotatable bonds is 7. The SMILES string of the molecule is COc1ccc(C(CNC(=O)/C=C/c2ccc3c(c2)OCO3)N2CCOCC2)cc1. The van der Waals surface area contributed by atoms with Crippen molar-refractivity contribution in [2.75, 3.05) is 46.8 Å². The van der Waals surface area contributed by atoms with E-state index in [1.54, 1.807) is 19.3 Å². The molecule has 2 heterocycles. The van der Waals surface area contributed by atoms with Gasteiger partial charge in [0.05, 0.1) is 26.4 Å². The van der Waals surface area contributed by atoms with Gasteiger partial charge in [0.1, 0.15) is 5.75 Å². The zero-order valence-corrected chi connectivity index (χ0v) is 17.0. The average molecular weight is 410 g/mol. The number of methoxy groups -OCH3 is 1. The molecule has 2 aromatic carbocycles. The molecule has 2 aliphatic rings. The zero-order chi connectivity index (χ0) is 20.8. The lowest BCUT2D eigenvalue weighted by molar-refractivity contribution is -0.116. The molecule has 1 saturated heterocycles. The largest absolute Gasteiger partial charge is 0.497 e. The first-order valence-corrected chi connectivity index (χ1v) is 10.0. The Morgan fingerprint density at radius 2 is 1.90 bits per heavy atom. The summed E-state index contributed by atoms with van der Waals surface area (Å²) in [7, 11) is 1.65. The number of carbonyl (C=O) groups is 1. The number of amides is 1. The minimum absolute atomic E-state index is 0.0719. The van der Waals surface area contributed by atoms with Crippen molar-refractivity contribution in [3.63, 3.8) is 0 Å². The van der Waals surface area contributed by atoms with Crippen LogP contribution in [-0.4, -0.2) is 57.6 Å². The highest BCUT2D eigenvalue weighted by atomic mass is 16.7. The van der Waals surface area contributed by atoms with Gasteiger partial charge < -0.3 is 24.3 Å². The maximum absolute atomic E-state index is 12.5. The smallest absolute Gasteiger partial charge is 0.244 e. The Kier molecular flexibility index (Phi) is 6.51. The molecular formula is C23H26N2O5. The molecule has 158 valence electrons. The molecule has 1 fully saturated rings. The third-order valence-corrected chi connectivity index (χ3v) is 5.28. The van der Waals surface area contributed by atoms with Crippen molar-refractivity contribution in [3.05, 3.63) is 59.7 Å². The molecule has 0 bridgehead atoms. The summed E-state index contributed by atoms with van der Waals surface area (Å²) < 4.78 is 21.4. The van der Waals surface area contributed by atoms with Crippen LogP contribution in [0, 0.1) is 0 Å². The van der Waals surface area contributed by atoms with Gasteiger partial charge in [-0.05, 0) is 41.5 Å². The molecule has 0 saturated carbocycles. The van der Waals surface area contributed by atoms with E-state index in [0.29, 0.717) is 25.5 Å². The first-order chi connectivity index (χ1) is 14.7. The summed E-state index contributed by atoms with van der Waals surface area (Å²) in [5.41, 5.74) is 2.02. The maximum atomic E-state index is 12.5. The van der Waals surface area contributed by atoms with Crippen molar-refractivity contribution in [2.45, 2.75) is 6.04 Å². The quantitative estimate of drug-likeness (QED) is 0.708. The molecule has 2 aromatic rings. The second-order valence-corrected chi connectivity index (χ2v) is 7.13. The van der Waals surface area contributed by atoms with Crippen molar-refractivity contribution < 1.29 is 23.7 Å². The Morgan fingerprint density at radius 3 is 2.67 bits per heavy atom. The predicted octanol–water partition coefficient (Wildman–Crippen LogP) is 2.63. The topological polar surface area (TPSA) is 69.3 Å². The van der Waals surface area contributed by atoms with Crippen molar-refractivity contribution in [3.8, 4) is 17.2 Å². The number of morpholine rings is 1. The van der Waals surface area contributed by atoms with Gasteiger partial charge in [-0.3, -0.25) is 9.69 Å². The van der Waals surface area contributed by atoms with Crippen LogP contribution in [0.5, 0.6) is 17.2 Å². The Balaban J connectivity index is 1.40. The van der Waals surface area contributed by atoms with Gasteiger partial charge in [-0.25, -0.2) is 0 Å². The van der Waals surface area contributed by atoms with Gasteiger partial charge >= 0.3 is 0 Å². The third kappa shape index (κ3) is 4.93. The van der Waals surface area contributed by atoms with Gasteiger partial charge in [0, 0.05) is 25.7 Å². The van der Waals surface area contributed by atoms with E-state index < -0.39 is 0 Å². The van der Waals surface area contributed by atoms with Crippen molar-refractivity contribution in [1.82, 2.24) is 10.2 Å². The molecule has 4 rings (SSSR count). The highest BCUT2D eigenvalue weighted by Crippen LogP contribution is 2.32. The van der Waals surface area contributed by atoms with Crippen LogP contribution in [0.1, 0.15) is 17.2 Å². The minimum Gasteiger partial charge on any atom is -0.497 e. The molecule has 1 unspecified atom stereocenters. The van der Waals surface area contributed by atoms with E-state index >= 15 is 0 Å². The number of carbonyl (C=O) groups excluding carboxylic acids is 1. The van der Waals surface area contributed by atoms with E-state index in [0.717, 1.165) is 35.7 Å². The Morgan fingerprint density at radius 1 is 1.13 bits per heavy atom. The number of hydrogen-bond acceptors (Lipinski definition) is 6. The van der Waals surface area contributed by atoms with E-state index in [9.17, 15) is 4.79 Å². The number of nitrogens with zero attached hydrogens (tertiary/aromatic N) is 1. The number of fused-ring (bicyclic) bond motifs is 1. The molecule has 7 heteroatoms. The van der Waals surface area contributed by atoms with Crippen molar-refractivity contribution in [1.29, 1.82) is 0 Å². The van der Waals surface area contributed by atoms with E-state index in [-0.39, 0.29) is 18.7 Å². The average Bonchev–Trinajstić information content (AvgIpc) is 3.27. The lowest BCUT2D eigenvalue weighted by Gasteiger charge is -2.34. The van der Waals surface area contributed by atoms with Crippen LogP contribution >= 0.6 is 0 Å². The highest BCUT2D eigenvalue weighted by molar-refractivity contribution is 5.91. The van der Waals surface area contributed by atoms with Gasteiger partial charge in [-0.1, -0.05) is 18.2 Å². The standard InChI is InChI=1S/C23H26N2O5/c1-27-19-6-4-18(5-7-19)20(25-10-12-28-13-11-25)15-24-23(26)9-3-17-2-8-21-22(14-17)30-16-29-21/h2-9,14,20H,10-13,15-16H2,1H3,(H,24,26)/b9-3+. The molecule has 0 radical (unpaired) electrons. The first kappa shape index (κ1) is 20.3. The molecule has 30 heavy (non-hydrogen) atoms. The fourth-order valence-electron chi connectivity index (χ4n) is 3.62. The van der Waals surface area contributed by atoms with E-state index in [1.165, 1.54) is 0 Å². The van der Waals surface area contributed by atoms with Crippen molar-refractivity contribution in [2.24, 2.45) is 0 Å². The molecule has 0 spiro atoms. The number of nitrogens with one attached hydrogen (secondary N) is 1. The summed E-state index contributed by atoms with van der Waals surface area (Å²) in [4.78, 5) is 14.8. The molecule has 0 aromatic heterocycles. The van der Waals surface area contributed by atoms with Crippen LogP contribution in [-0.2, 0) is 9.53 Å². The Labute approximate surface area is 176 Å². The molecule has 1 N–H and O–H groups in total. The van der Waals surface area contributed by atoms with Crippen LogP contribution in [0.25, 0.3) is 6.08 Å². The summed E-state index contributed by atoms with van der Waals surface area (Å²) in [6.07, 6.45) is 3.32. The number of benzene rings is 2. The molecule has 1 atom stereocenters. The normalized spacial score (nSPS) is 17.1. The van der Waals surface area contributed by atoms with Crippen LogP contribution in [0.15, 0.2) is 48.5 Å². The third-order valence-electron chi connectivity index (χ3n) is 5.28. The van der Waals surface area contributed by atoms with Crippen LogP contribution in [0.4, 0.5) is 0 Å². The van der Waals surface area contributed by atoms with Gasteiger partial charge in [-0.2, -0.15) is 0 Å². The van der Waals surface area contributed by atoms with Gasteiger partial charge in [0.15, 0.2) is 11.5 Å². The Hall–Kier alpha value is -3.03. The van der Waals surface area contributed by atoms with Crippen molar-refractivity contribution >= 4 is 12.0 Å². The summed E-state index contributed by atoms with van der Waals surface area (Å²) in [5, 5.41) is 3.03. The summed E-state index contributed by atoms with van der Waals surface area (Å²) in [6.45, 7) is 3.81. The minimum atomic E-state index is -0.139. The second-order valence-electron chi connectivity index (χ2n) is 7.13. The number of hydrogen-bond donors (Lipinski definition) is 1. The maximum Gasteiger partial charge on any atom is 0.244 e. The number of ether oxygens (including phenoxy) is 4. The lowest BCUT2D eigenvalue weighted by atomic mass is 10.0. The summed E-state index contributed by atoms with van der Waals surface area (Å²) >= 11 is 0. The first-order valence-electron chi connectivity index (χ1n) is 10.0. The second kappa shape index (κ2) is 9.65. The van der Waals surface area contributed by atoms with E-state index in [1.807, 2.05) is 42.5 Å². The molecule has 0 aliphatic carbocycles. The molecule has 2 aliphatic heterocycles. The fraction of sp³-hybridized carbons (Fsp3) is 0.348. The zero-order valence-electron chi connectivity index (χ0n) is 17.0. The van der Waals surface area contributed by atoms with E-state index in [2.05, 4.69) is 10.2 Å². The monoisotopic (exact) mass is 410 g/mol.